The van der Waals surface area contributed by atoms with E-state index in [9.17, 15) is 14.7 Å². The van der Waals surface area contributed by atoms with E-state index < -0.39 is 0 Å². The minimum atomic E-state index is -0.321. The molecule has 120 valence electrons. The molecule has 1 fully saturated rings. The van der Waals surface area contributed by atoms with E-state index in [4.69, 9.17) is 11.6 Å². The van der Waals surface area contributed by atoms with Crippen LogP contribution in [0.4, 0.5) is 0 Å². The summed E-state index contributed by atoms with van der Waals surface area (Å²) >= 11 is 6.03. The maximum absolute atomic E-state index is 12.3. The molecule has 22 heavy (non-hydrogen) atoms. The van der Waals surface area contributed by atoms with Gasteiger partial charge in [-0.2, -0.15) is 0 Å². The molecular formula is C16H21ClN2O3. The van der Waals surface area contributed by atoms with Gasteiger partial charge in [0.1, 0.15) is 0 Å². The van der Waals surface area contributed by atoms with Crippen LogP contribution >= 0.6 is 11.6 Å². The lowest BCUT2D eigenvalue weighted by Crippen LogP contribution is -2.45. The Balaban J connectivity index is 1.96. The third kappa shape index (κ3) is 3.99. The maximum Gasteiger partial charge on any atom is 0.254 e. The fourth-order valence-electron chi connectivity index (χ4n) is 2.44. The molecule has 1 aromatic rings. The number of amides is 2. The highest BCUT2D eigenvalue weighted by Crippen LogP contribution is 2.18. The molecule has 1 N–H and O–H groups in total. The van der Waals surface area contributed by atoms with Gasteiger partial charge in [0.25, 0.3) is 5.91 Å². The molecule has 1 saturated heterocycles. The van der Waals surface area contributed by atoms with E-state index in [1.165, 1.54) is 4.90 Å². The Bertz CT molecular complexity index is 569. The molecule has 1 aliphatic heterocycles. The van der Waals surface area contributed by atoms with Gasteiger partial charge in [-0.25, -0.2) is 0 Å². The first-order chi connectivity index (χ1) is 10.4. The molecule has 1 aromatic carbocycles. The summed E-state index contributed by atoms with van der Waals surface area (Å²) in [5, 5.41) is 10.00. The third-order valence-corrected chi connectivity index (χ3v) is 4.36. The number of hydrogen-bond acceptors (Lipinski definition) is 3. The first-order valence-electron chi connectivity index (χ1n) is 7.36. The van der Waals surface area contributed by atoms with Gasteiger partial charge in [0.2, 0.25) is 5.91 Å². The highest BCUT2D eigenvalue weighted by Gasteiger charge is 2.23. The second-order valence-corrected chi connectivity index (χ2v) is 6.14. The van der Waals surface area contributed by atoms with Gasteiger partial charge in [0, 0.05) is 30.7 Å². The van der Waals surface area contributed by atoms with Crippen LogP contribution in [0, 0.1) is 6.92 Å². The number of nitrogens with zero attached hydrogens (tertiary/aromatic N) is 2. The summed E-state index contributed by atoms with van der Waals surface area (Å²) in [5.74, 6) is -0.326. The van der Waals surface area contributed by atoms with Gasteiger partial charge in [-0.05, 0) is 37.5 Å². The zero-order valence-corrected chi connectivity index (χ0v) is 13.6. The van der Waals surface area contributed by atoms with Crippen LogP contribution in [0.3, 0.4) is 0 Å². The number of aliphatic hydroxyl groups excluding tert-OH is 1. The van der Waals surface area contributed by atoms with E-state index in [-0.39, 0.29) is 24.5 Å². The number of carbonyl (C=O) groups is 2. The van der Waals surface area contributed by atoms with E-state index in [1.807, 2.05) is 6.92 Å². The minimum Gasteiger partial charge on any atom is -0.393 e. The Morgan fingerprint density at radius 3 is 2.59 bits per heavy atom. The Labute approximate surface area is 135 Å². The summed E-state index contributed by atoms with van der Waals surface area (Å²) in [7, 11) is 1.60. The van der Waals surface area contributed by atoms with Crippen LogP contribution < -0.4 is 0 Å². The first kappa shape index (κ1) is 16.8. The van der Waals surface area contributed by atoms with Gasteiger partial charge in [-0.3, -0.25) is 9.59 Å². The molecule has 1 heterocycles. The van der Waals surface area contributed by atoms with Crippen molar-refractivity contribution in [2.75, 3.05) is 26.7 Å². The quantitative estimate of drug-likeness (QED) is 0.920. The minimum absolute atomic E-state index is 0.0282. The van der Waals surface area contributed by atoms with Gasteiger partial charge < -0.3 is 14.9 Å². The predicted molar refractivity (Wildman–Crippen MR) is 85.0 cm³/mol. The molecule has 2 amide bonds. The van der Waals surface area contributed by atoms with Gasteiger partial charge in [0.15, 0.2) is 0 Å². The van der Waals surface area contributed by atoms with Crippen molar-refractivity contribution in [3.63, 3.8) is 0 Å². The molecule has 0 aromatic heterocycles. The van der Waals surface area contributed by atoms with Gasteiger partial charge in [0.05, 0.1) is 12.6 Å². The molecule has 0 bridgehead atoms. The fraction of sp³-hybridized carbons (Fsp3) is 0.500. The van der Waals surface area contributed by atoms with Crippen LogP contribution in [0.15, 0.2) is 18.2 Å². The number of aliphatic hydroxyl groups is 1. The van der Waals surface area contributed by atoms with Crippen LogP contribution in [0.1, 0.15) is 28.8 Å². The van der Waals surface area contributed by atoms with Crippen molar-refractivity contribution in [1.82, 2.24) is 9.80 Å². The summed E-state index contributed by atoms with van der Waals surface area (Å²) in [4.78, 5) is 27.6. The Morgan fingerprint density at radius 2 is 2.00 bits per heavy atom. The second-order valence-electron chi connectivity index (χ2n) is 5.74. The molecule has 0 aliphatic carbocycles. The molecule has 5 nitrogen and oxygen atoms in total. The average molecular weight is 325 g/mol. The topological polar surface area (TPSA) is 60.9 Å². The van der Waals surface area contributed by atoms with Crippen molar-refractivity contribution in [1.29, 1.82) is 0 Å². The second kappa shape index (κ2) is 7.11. The van der Waals surface area contributed by atoms with Crippen LogP contribution in [0.5, 0.6) is 0 Å². The number of benzene rings is 1. The summed E-state index contributed by atoms with van der Waals surface area (Å²) in [5.41, 5.74) is 1.38. The number of rotatable bonds is 3. The van der Waals surface area contributed by atoms with Crippen molar-refractivity contribution in [3.8, 4) is 0 Å². The molecular weight excluding hydrogens is 304 g/mol. The van der Waals surface area contributed by atoms with E-state index in [0.29, 0.717) is 36.5 Å². The molecule has 0 saturated carbocycles. The van der Waals surface area contributed by atoms with Crippen molar-refractivity contribution in [2.24, 2.45) is 0 Å². The standard InChI is InChI=1S/C16H21ClN2O3/c1-11-3-4-12(9-14(11)17)16(22)18(2)10-15(21)19-7-5-13(20)6-8-19/h3-4,9,13,20H,5-8,10H2,1-2H3. The molecule has 0 radical (unpaired) electrons. The Kier molecular flexibility index (Phi) is 5.42. The zero-order chi connectivity index (χ0) is 16.3. The lowest BCUT2D eigenvalue weighted by molar-refractivity contribution is -0.133. The number of likely N-dealkylation sites (tertiary alicyclic amines) is 1. The molecule has 0 unspecified atom stereocenters. The van der Waals surface area contributed by atoms with Crippen molar-refractivity contribution in [2.45, 2.75) is 25.9 Å². The lowest BCUT2D eigenvalue weighted by Gasteiger charge is -2.31. The maximum atomic E-state index is 12.3. The fourth-order valence-corrected chi connectivity index (χ4v) is 2.62. The SMILES string of the molecule is Cc1ccc(C(=O)N(C)CC(=O)N2CCC(O)CC2)cc1Cl. The van der Waals surface area contributed by atoms with E-state index >= 15 is 0 Å². The lowest BCUT2D eigenvalue weighted by atomic mass is 10.1. The normalized spacial score (nSPS) is 15.7. The zero-order valence-electron chi connectivity index (χ0n) is 12.9. The third-order valence-electron chi connectivity index (χ3n) is 3.96. The molecule has 0 spiro atoms. The molecule has 6 heteroatoms. The first-order valence-corrected chi connectivity index (χ1v) is 7.73. The highest BCUT2D eigenvalue weighted by molar-refractivity contribution is 6.31. The number of halogens is 1. The highest BCUT2D eigenvalue weighted by atomic mass is 35.5. The predicted octanol–water partition coefficient (Wildman–Crippen LogP) is 1.70. The monoisotopic (exact) mass is 324 g/mol. The Hall–Kier alpha value is -1.59. The van der Waals surface area contributed by atoms with E-state index in [1.54, 1.807) is 30.1 Å². The van der Waals surface area contributed by atoms with Crippen LogP contribution in [0.25, 0.3) is 0 Å². The van der Waals surface area contributed by atoms with Crippen molar-refractivity contribution < 1.29 is 14.7 Å². The molecule has 1 aliphatic rings. The summed E-state index contributed by atoms with van der Waals surface area (Å²) in [6.07, 6.45) is 0.867. The molecule has 0 atom stereocenters. The Morgan fingerprint density at radius 1 is 1.36 bits per heavy atom. The number of carbonyl (C=O) groups excluding carboxylic acids is 2. The number of piperidine rings is 1. The summed E-state index contributed by atoms with van der Waals surface area (Å²) in [6, 6.07) is 5.12. The van der Waals surface area contributed by atoms with Crippen LogP contribution in [-0.2, 0) is 4.79 Å². The van der Waals surface area contributed by atoms with Crippen molar-refractivity contribution in [3.05, 3.63) is 34.3 Å². The molecule has 2 rings (SSSR count). The number of aryl methyl sites for hydroxylation is 1. The van der Waals surface area contributed by atoms with Crippen molar-refractivity contribution >= 4 is 23.4 Å². The largest absolute Gasteiger partial charge is 0.393 e. The number of hydrogen-bond donors (Lipinski definition) is 1. The van der Waals surface area contributed by atoms with Gasteiger partial charge >= 0.3 is 0 Å². The van der Waals surface area contributed by atoms with Gasteiger partial charge in [-0.15, -0.1) is 0 Å². The van der Waals surface area contributed by atoms with Crippen LogP contribution in [-0.4, -0.2) is 59.5 Å². The summed E-state index contributed by atoms with van der Waals surface area (Å²) < 4.78 is 0. The summed E-state index contributed by atoms with van der Waals surface area (Å²) in [6.45, 7) is 2.98. The van der Waals surface area contributed by atoms with E-state index in [2.05, 4.69) is 0 Å². The van der Waals surface area contributed by atoms with Crippen LogP contribution in [0.2, 0.25) is 5.02 Å². The van der Waals surface area contributed by atoms with E-state index in [0.717, 1.165) is 5.56 Å². The van der Waals surface area contributed by atoms with Gasteiger partial charge in [-0.1, -0.05) is 17.7 Å². The number of likely N-dealkylation sites (N-methyl/N-ethyl adjacent to an activating group) is 1. The smallest absolute Gasteiger partial charge is 0.254 e. The average Bonchev–Trinajstić information content (AvgIpc) is 2.49.